The van der Waals surface area contributed by atoms with Crippen molar-refractivity contribution >= 4 is 23.5 Å². The third-order valence-electron chi connectivity index (χ3n) is 3.92. The lowest BCUT2D eigenvalue weighted by Gasteiger charge is -2.17. The zero-order valence-corrected chi connectivity index (χ0v) is 15.0. The number of nitrogens with zero attached hydrogens (tertiary/aromatic N) is 2. The Bertz CT molecular complexity index is 793. The number of thioether (sulfide) groups is 1. The molecule has 0 spiro atoms. The van der Waals surface area contributed by atoms with Gasteiger partial charge < -0.3 is 11.1 Å². The van der Waals surface area contributed by atoms with E-state index in [0.717, 1.165) is 23.6 Å². The SMILES string of the molecule is CC(Nc1nc(N)ncc1CCSc1ccccc1)c1ccccc1. The van der Waals surface area contributed by atoms with E-state index in [9.17, 15) is 0 Å². The van der Waals surface area contributed by atoms with Crippen LogP contribution in [0, 0.1) is 0 Å². The molecule has 1 heterocycles. The Labute approximate surface area is 152 Å². The van der Waals surface area contributed by atoms with Crippen molar-refractivity contribution in [3.8, 4) is 0 Å². The van der Waals surface area contributed by atoms with Gasteiger partial charge in [0.1, 0.15) is 5.82 Å². The summed E-state index contributed by atoms with van der Waals surface area (Å²) >= 11 is 1.83. The van der Waals surface area contributed by atoms with E-state index in [1.165, 1.54) is 10.5 Å². The monoisotopic (exact) mass is 350 g/mol. The highest BCUT2D eigenvalue weighted by atomic mass is 32.2. The molecule has 0 saturated heterocycles. The molecule has 0 aliphatic carbocycles. The van der Waals surface area contributed by atoms with Crippen molar-refractivity contribution in [3.05, 3.63) is 78.0 Å². The average Bonchev–Trinajstić information content (AvgIpc) is 2.65. The zero-order valence-electron chi connectivity index (χ0n) is 14.2. The van der Waals surface area contributed by atoms with Crippen molar-refractivity contribution in [2.24, 2.45) is 0 Å². The molecule has 5 heteroatoms. The fourth-order valence-corrected chi connectivity index (χ4v) is 3.46. The minimum absolute atomic E-state index is 0.149. The van der Waals surface area contributed by atoms with Gasteiger partial charge >= 0.3 is 0 Å². The summed E-state index contributed by atoms with van der Waals surface area (Å²) in [4.78, 5) is 9.84. The van der Waals surface area contributed by atoms with Crippen LogP contribution in [0.2, 0.25) is 0 Å². The summed E-state index contributed by atoms with van der Waals surface area (Å²) in [7, 11) is 0. The van der Waals surface area contributed by atoms with Gasteiger partial charge in [-0.1, -0.05) is 48.5 Å². The normalized spacial score (nSPS) is 11.9. The van der Waals surface area contributed by atoms with Crippen molar-refractivity contribution in [2.75, 3.05) is 16.8 Å². The minimum Gasteiger partial charge on any atom is -0.368 e. The van der Waals surface area contributed by atoms with Gasteiger partial charge in [0.2, 0.25) is 5.95 Å². The van der Waals surface area contributed by atoms with Crippen molar-refractivity contribution in [3.63, 3.8) is 0 Å². The highest BCUT2D eigenvalue weighted by Crippen LogP contribution is 2.24. The molecule has 128 valence electrons. The summed E-state index contributed by atoms with van der Waals surface area (Å²) in [5.74, 6) is 2.07. The molecule has 0 amide bonds. The lowest BCUT2D eigenvalue weighted by Crippen LogP contribution is -2.12. The molecule has 0 aliphatic rings. The van der Waals surface area contributed by atoms with Gasteiger partial charge in [-0.05, 0) is 31.0 Å². The number of anilines is 2. The Hall–Kier alpha value is -2.53. The fourth-order valence-electron chi connectivity index (χ4n) is 2.55. The topological polar surface area (TPSA) is 63.8 Å². The predicted molar refractivity (Wildman–Crippen MR) is 106 cm³/mol. The van der Waals surface area contributed by atoms with E-state index in [1.54, 1.807) is 0 Å². The minimum atomic E-state index is 0.149. The molecule has 3 rings (SSSR count). The van der Waals surface area contributed by atoms with Crippen LogP contribution in [0.5, 0.6) is 0 Å². The zero-order chi connectivity index (χ0) is 17.5. The summed E-state index contributed by atoms with van der Waals surface area (Å²) in [6.45, 7) is 2.12. The Morgan fingerprint density at radius 3 is 2.44 bits per heavy atom. The molecule has 1 unspecified atom stereocenters. The largest absolute Gasteiger partial charge is 0.368 e. The highest BCUT2D eigenvalue weighted by Gasteiger charge is 2.11. The molecule has 1 atom stereocenters. The van der Waals surface area contributed by atoms with Gasteiger partial charge in [-0.2, -0.15) is 4.98 Å². The quantitative estimate of drug-likeness (QED) is 0.611. The standard InChI is InChI=1S/C20H22N4S/c1-15(16-8-4-2-5-9-16)23-19-17(14-22-20(21)24-19)12-13-25-18-10-6-3-7-11-18/h2-11,14-15H,12-13H2,1H3,(H3,21,22,23,24). The molecule has 3 N–H and O–H groups in total. The number of benzene rings is 2. The number of nitrogens with one attached hydrogen (secondary N) is 1. The van der Waals surface area contributed by atoms with Crippen LogP contribution in [0.4, 0.5) is 11.8 Å². The molecular formula is C20H22N4S. The van der Waals surface area contributed by atoms with Crippen LogP contribution in [0.15, 0.2) is 71.8 Å². The first-order valence-electron chi connectivity index (χ1n) is 8.33. The number of aryl methyl sites for hydroxylation is 1. The van der Waals surface area contributed by atoms with Gasteiger partial charge in [-0.15, -0.1) is 11.8 Å². The van der Waals surface area contributed by atoms with Crippen LogP contribution >= 0.6 is 11.8 Å². The Kier molecular flexibility index (Phi) is 5.90. The summed E-state index contributed by atoms with van der Waals surface area (Å²) in [6, 6.07) is 20.9. The number of hydrogen-bond donors (Lipinski definition) is 2. The molecule has 0 radical (unpaired) electrons. The molecular weight excluding hydrogens is 328 g/mol. The van der Waals surface area contributed by atoms with E-state index >= 15 is 0 Å². The van der Waals surface area contributed by atoms with E-state index in [0.29, 0.717) is 5.95 Å². The first-order valence-corrected chi connectivity index (χ1v) is 9.31. The second-order valence-corrected chi connectivity index (χ2v) is 6.96. The second-order valence-electron chi connectivity index (χ2n) is 5.79. The predicted octanol–water partition coefficient (Wildman–Crippen LogP) is 4.57. The van der Waals surface area contributed by atoms with Crippen molar-refractivity contribution < 1.29 is 0 Å². The van der Waals surface area contributed by atoms with Crippen LogP contribution < -0.4 is 11.1 Å². The lowest BCUT2D eigenvalue weighted by atomic mass is 10.1. The van der Waals surface area contributed by atoms with Crippen LogP contribution in [-0.4, -0.2) is 15.7 Å². The Morgan fingerprint density at radius 1 is 1.04 bits per heavy atom. The molecule has 25 heavy (non-hydrogen) atoms. The third kappa shape index (κ3) is 4.97. The number of nitrogens with two attached hydrogens (primary N) is 1. The molecule has 4 nitrogen and oxygen atoms in total. The molecule has 0 saturated carbocycles. The van der Waals surface area contributed by atoms with E-state index in [1.807, 2.05) is 42.2 Å². The summed E-state index contributed by atoms with van der Waals surface area (Å²) in [6.07, 6.45) is 2.71. The molecule has 0 bridgehead atoms. The first-order chi connectivity index (χ1) is 12.2. The van der Waals surface area contributed by atoms with Crippen LogP contribution in [0.3, 0.4) is 0 Å². The second kappa shape index (κ2) is 8.53. The van der Waals surface area contributed by atoms with E-state index in [2.05, 4.69) is 58.6 Å². The van der Waals surface area contributed by atoms with Gasteiger partial charge in [-0.25, -0.2) is 4.98 Å². The van der Waals surface area contributed by atoms with Crippen molar-refractivity contribution in [1.29, 1.82) is 0 Å². The van der Waals surface area contributed by atoms with Crippen LogP contribution in [0.25, 0.3) is 0 Å². The van der Waals surface area contributed by atoms with Gasteiger partial charge in [0, 0.05) is 28.5 Å². The Morgan fingerprint density at radius 2 is 1.72 bits per heavy atom. The maximum absolute atomic E-state index is 5.79. The third-order valence-corrected chi connectivity index (χ3v) is 4.93. The van der Waals surface area contributed by atoms with Gasteiger partial charge in [-0.3, -0.25) is 0 Å². The van der Waals surface area contributed by atoms with E-state index in [4.69, 9.17) is 5.73 Å². The molecule has 0 aliphatic heterocycles. The Balaban J connectivity index is 1.67. The summed E-state index contributed by atoms with van der Waals surface area (Å²) in [5, 5.41) is 3.48. The first kappa shape index (κ1) is 17.3. The smallest absolute Gasteiger partial charge is 0.221 e. The number of hydrogen-bond acceptors (Lipinski definition) is 5. The van der Waals surface area contributed by atoms with Crippen molar-refractivity contribution in [2.45, 2.75) is 24.3 Å². The summed E-state index contributed by atoms with van der Waals surface area (Å²) < 4.78 is 0. The van der Waals surface area contributed by atoms with Gasteiger partial charge in [0.05, 0.1) is 0 Å². The number of nitrogen functional groups attached to an aromatic ring is 1. The van der Waals surface area contributed by atoms with E-state index in [-0.39, 0.29) is 6.04 Å². The molecule has 3 aromatic rings. The number of aromatic nitrogens is 2. The van der Waals surface area contributed by atoms with Crippen LogP contribution in [0.1, 0.15) is 24.1 Å². The lowest BCUT2D eigenvalue weighted by molar-refractivity contribution is 0.865. The van der Waals surface area contributed by atoms with E-state index < -0.39 is 0 Å². The number of rotatable bonds is 7. The highest BCUT2D eigenvalue weighted by molar-refractivity contribution is 7.99. The average molecular weight is 350 g/mol. The fraction of sp³-hybridized carbons (Fsp3) is 0.200. The molecule has 2 aromatic carbocycles. The van der Waals surface area contributed by atoms with Crippen molar-refractivity contribution in [1.82, 2.24) is 9.97 Å². The van der Waals surface area contributed by atoms with Gasteiger partial charge in [0.25, 0.3) is 0 Å². The van der Waals surface area contributed by atoms with Gasteiger partial charge in [0.15, 0.2) is 0 Å². The maximum Gasteiger partial charge on any atom is 0.221 e. The molecule has 0 fully saturated rings. The van der Waals surface area contributed by atoms with Crippen LogP contribution in [-0.2, 0) is 6.42 Å². The maximum atomic E-state index is 5.79. The summed E-state index contributed by atoms with van der Waals surface area (Å²) in [5.41, 5.74) is 8.09. The molecule has 1 aromatic heterocycles.